The molecule has 0 saturated carbocycles. The van der Waals surface area contributed by atoms with Crippen molar-refractivity contribution in [3.8, 4) is 0 Å². The summed E-state index contributed by atoms with van der Waals surface area (Å²) in [6, 6.07) is 3.02. The van der Waals surface area contributed by atoms with Gasteiger partial charge in [0.25, 0.3) is 5.91 Å². The molecule has 2 fully saturated rings. The van der Waals surface area contributed by atoms with Gasteiger partial charge in [0.15, 0.2) is 0 Å². The largest absolute Gasteiger partial charge is 0.333 e. The van der Waals surface area contributed by atoms with E-state index in [0.29, 0.717) is 18.4 Å². The van der Waals surface area contributed by atoms with E-state index in [1.807, 2.05) is 13.8 Å². The zero-order chi connectivity index (χ0) is 14.5. The Morgan fingerprint density at radius 1 is 1.35 bits per heavy atom. The average molecular weight is 280 g/mol. The molecule has 1 amide bonds. The Kier molecular flexibility index (Phi) is 3.05. The van der Waals surface area contributed by atoms with Crippen LogP contribution in [0.5, 0.6) is 0 Å². The Bertz CT molecular complexity index is 559. The van der Waals surface area contributed by atoms with Gasteiger partial charge in [-0.25, -0.2) is 8.78 Å². The molecule has 0 spiro atoms. The molecule has 0 aliphatic carbocycles. The number of hydrogen-bond donors (Lipinski definition) is 1. The molecule has 2 saturated heterocycles. The molecule has 2 aliphatic heterocycles. The summed E-state index contributed by atoms with van der Waals surface area (Å²) in [6.45, 7) is 6.34. The number of amides is 1. The summed E-state index contributed by atoms with van der Waals surface area (Å²) < 4.78 is 27.1. The van der Waals surface area contributed by atoms with Crippen molar-refractivity contribution in [2.75, 3.05) is 19.6 Å². The fourth-order valence-corrected chi connectivity index (χ4v) is 3.57. The third-order valence-corrected chi connectivity index (χ3v) is 4.76. The Labute approximate surface area is 117 Å². The molecule has 0 bridgehead atoms. The van der Waals surface area contributed by atoms with Gasteiger partial charge in [-0.05, 0) is 43.9 Å². The minimum absolute atomic E-state index is 0.175. The van der Waals surface area contributed by atoms with Gasteiger partial charge in [0, 0.05) is 25.2 Å². The number of fused-ring (bicyclic) bond motifs is 1. The molecule has 1 aromatic carbocycles. The summed E-state index contributed by atoms with van der Waals surface area (Å²) in [5.74, 6) is -0.911. The zero-order valence-corrected chi connectivity index (χ0v) is 11.6. The Hall–Kier alpha value is -1.49. The van der Waals surface area contributed by atoms with Gasteiger partial charge in [-0.15, -0.1) is 0 Å². The van der Waals surface area contributed by atoms with E-state index in [2.05, 4.69) is 5.32 Å². The maximum atomic E-state index is 13.8. The molecule has 1 N–H and O–H groups in total. The highest BCUT2D eigenvalue weighted by Crippen LogP contribution is 2.41. The van der Waals surface area contributed by atoms with Crippen molar-refractivity contribution in [2.45, 2.75) is 19.4 Å². The topological polar surface area (TPSA) is 32.3 Å². The van der Waals surface area contributed by atoms with Crippen LogP contribution in [0.15, 0.2) is 18.2 Å². The first-order valence-electron chi connectivity index (χ1n) is 6.89. The van der Waals surface area contributed by atoms with Crippen molar-refractivity contribution >= 4 is 5.91 Å². The highest BCUT2D eigenvalue weighted by molar-refractivity contribution is 5.95. The highest BCUT2D eigenvalue weighted by atomic mass is 19.1. The van der Waals surface area contributed by atoms with E-state index < -0.39 is 17.5 Å². The zero-order valence-electron chi connectivity index (χ0n) is 11.6. The monoisotopic (exact) mass is 280 g/mol. The number of halogens is 2. The number of nitrogens with one attached hydrogen (secondary N) is 1. The van der Waals surface area contributed by atoms with Crippen LogP contribution in [-0.4, -0.2) is 36.0 Å². The van der Waals surface area contributed by atoms with E-state index >= 15 is 0 Å². The minimum Gasteiger partial charge on any atom is -0.333 e. The summed E-state index contributed by atoms with van der Waals surface area (Å²) in [7, 11) is 0. The van der Waals surface area contributed by atoms with Gasteiger partial charge < -0.3 is 10.2 Å². The van der Waals surface area contributed by atoms with Crippen molar-refractivity contribution in [1.29, 1.82) is 0 Å². The third-order valence-electron chi connectivity index (χ3n) is 4.76. The molecule has 0 radical (unpaired) electrons. The first kappa shape index (κ1) is 13.5. The third kappa shape index (κ3) is 1.92. The van der Waals surface area contributed by atoms with Crippen LogP contribution in [-0.2, 0) is 0 Å². The summed E-state index contributed by atoms with van der Waals surface area (Å²) >= 11 is 0. The number of likely N-dealkylation sites (tertiary alicyclic amines) is 1. The number of carbonyl (C=O) groups is 1. The molecular weight excluding hydrogens is 262 g/mol. The maximum absolute atomic E-state index is 13.8. The second kappa shape index (κ2) is 4.52. The van der Waals surface area contributed by atoms with Gasteiger partial charge in [0.05, 0.1) is 5.56 Å². The highest BCUT2D eigenvalue weighted by Gasteiger charge is 2.51. The summed E-state index contributed by atoms with van der Waals surface area (Å²) in [4.78, 5) is 14.3. The molecule has 2 heterocycles. The molecule has 2 aliphatic rings. The van der Waals surface area contributed by atoms with E-state index in [4.69, 9.17) is 0 Å². The predicted molar refractivity (Wildman–Crippen MR) is 71.3 cm³/mol. The van der Waals surface area contributed by atoms with E-state index in [1.54, 1.807) is 4.90 Å². The van der Waals surface area contributed by atoms with Gasteiger partial charge in [-0.3, -0.25) is 4.79 Å². The Morgan fingerprint density at radius 2 is 2.10 bits per heavy atom. The van der Waals surface area contributed by atoms with Crippen molar-refractivity contribution in [3.63, 3.8) is 0 Å². The second-order valence-corrected chi connectivity index (χ2v) is 6.22. The minimum atomic E-state index is -0.664. The normalized spacial score (nSPS) is 27.7. The van der Waals surface area contributed by atoms with E-state index in [0.717, 1.165) is 31.3 Å². The van der Waals surface area contributed by atoms with Crippen LogP contribution in [0.3, 0.4) is 0 Å². The van der Waals surface area contributed by atoms with Crippen LogP contribution in [0.2, 0.25) is 0 Å². The lowest BCUT2D eigenvalue weighted by Crippen LogP contribution is -2.47. The van der Waals surface area contributed by atoms with Gasteiger partial charge in [-0.2, -0.15) is 0 Å². The molecule has 2 unspecified atom stereocenters. The number of carbonyl (C=O) groups excluding carboxylic acids is 1. The standard InChI is InChI=1S/C15H18F2N2O/c1-15(2)12-7-18-6-9(12)8-19(15)14(20)11-5-10(16)3-4-13(11)17/h3-5,9,12,18H,6-8H2,1-2H3. The summed E-state index contributed by atoms with van der Waals surface area (Å²) in [6.07, 6.45) is 0. The van der Waals surface area contributed by atoms with Crippen molar-refractivity contribution < 1.29 is 13.6 Å². The van der Waals surface area contributed by atoms with Gasteiger partial charge in [0.1, 0.15) is 11.6 Å². The van der Waals surface area contributed by atoms with Crippen LogP contribution < -0.4 is 5.32 Å². The van der Waals surface area contributed by atoms with Crippen molar-refractivity contribution in [1.82, 2.24) is 10.2 Å². The summed E-state index contributed by atoms with van der Waals surface area (Å²) in [5, 5.41) is 3.33. The van der Waals surface area contributed by atoms with Crippen LogP contribution in [0, 0.1) is 23.5 Å². The molecule has 5 heteroatoms. The van der Waals surface area contributed by atoms with Crippen LogP contribution in [0.4, 0.5) is 8.78 Å². The lowest BCUT2D eigenvalue weighted by atomic mass is 9.84. The van der Waals surface area contributed by atoms with Gasteiger partial charge in [0.2, 0.25) is 0 Å². The van der Waals surface area contributed by atoms with Crippen LogP contribution in [0.25, 0.3) is 0 Å². The summed E-state index contributed by atoms with van der Waals surface area (Å²) in [5.41, 5.74) is -0.518. The molecule has 1 aromatic rings. The maximum Gasteiger partial charge on any atom is 0.257 e. The molecular formula is C15H18F2N2O. The fraction of sp³-hybridized carbons (Fsp3) is 0.533. The van der Waals surface area contributed by atoms with Gasteiger partial charge in [-0.1, -0.05) is 0 Å². The van der Waals surface area contributed by atoms with Gasteiger partial charge >= 0.3 is 0 Å². The molecule has 3 nitrogen and oxygen atoms in total. The number of benzene rings is 1. The fourth-order valence-electron chi connectivity index (χ4n) is 3.57. The van der Waals surface area contributed by atoms with Crippen LogP contribution >= 0.6 is 0 Å². The number of nitrogens with zero attached hydrogens (tertiary/aromatic N) is 1. The van der Waals surface area contributed by atoms with E-state index in [-0.39, 0.29) is 11.1 Å². The quantitative estimate of drug-likeness (QED) is 0.853. The van der Waals surface area contributed by atoms with Crippen LogP contribution in [0.1, 0.15) is 24.2 Å². The number of rotatable bonds is 1. The molecule has 2 atom stereocenters. The SMILES string of the molecule is CC1(C)C2CNCC2CN1C(=O)c1cc(F)ccc1F. The lowest BCUT2D eigenvalue weighted by molar-refractivity contribution is 0.0598. The lowest BCUT2D eigenvalue weighted by Gasteiger charge is -2.35. The first-order chi connectivity index (χ1) is 9.41. The molecule has 20 heavy (non-hydrogen) atoms. The predicted octanol–water partition coefficient (Wildman–Crippen LogP) is 2.03. The first-order valence-corrected chi connectivity index (χ1v) is 6.89. The second-order valence-electron chi connectivity index (χ2n) is 6.22. The van der Waals surface area contributed by atoms with E-state index in [9.17, 15) is 13.6 Å². The molecule has 108 valence electrons. The van der Waals surface area contributed by atoms with Crippen molar-refractivity contribution in [3.05, 3.63) is 35.4 Å². The molecule has 0 aromatic heterocycles. The van der Waals surface area contributed by atoms with Crippen molar-refractivity contribution in [2.24, 2.45) is 11.8 Å². The smallest absolute Gasteiger partial charge is 0.257 e. The molecule has 3 rings (SSSR count). The number of hydrogen-bond acceptors (Lipinski definition) is 2. The van der Waals surface area contributed by atoms with E-state index in [1.165, 1.54) is 0 Å². The average Bonchev–Trinajstić information content (AvgIpc) is 2.94. The Morgan fingerprint density at radius 3 is 2.80 bits per heavy atom. The Balaban J connectivity index is 1.93.